The molecule has 0 amide bonds. The van der Waals surface area contributed by atoms with Crippen LogP contribution in [0.15, 0.2) is 60.8 Å². The number of nitrogens with one attached hydrogen (secondary N) is 1. The Morgan fingerprint density at radius 1 is 1.04 bits per heavy atom. The summed E-state index contributed by atoms with van der Waals surface area (Å²) in [6.07, 6.45) is 5.37. The molecule has 0 fully saturated rings. The first-order chi connectivity index (χ1) is 13.7. The first-order valence-electron chi connectivity index (χ1n) is 9.62. The van der Waals surface area contributed by atoms with Crippen LogP contribution in [0.1, 0.15) is 31.0 Å². The molecule has 0 spiro atoms. The molecule has 28 heavy (non-hydrogen) atoms. The highest BCUT2D eigenvalue weighted by Crippen LogP contribution is 2.31. The Morgan fingerprint density at radius 3 is 2.57 bits per heavy atom. The number of fused-ring (bicyclic) bond motifs is 1. The molecule has 4 aromatic rings. The number of hydrogen-bond acceptors (Lipinski definition) is 3. The van der Waals surface area contributed by atoms with Gasteiger partial charge in [0.15, 0.2) is 5.65 Å². The van der Waals surface area contributed by atoms with Crippen molar-refractivity contribution in [2.24, 2.45) is 0 Å². The number of aryl methyl sites for hydroxylation is 2. The molecular weight excluding hydrogens is 368 g/mol. The van der Waals surface area contributed by atoms with Gasteiger partial charge < -0.3 is 5.32 Å². The minimum absolute atomic E-state index is 0.692. The number of rotatable bonds is 6. The molecule has 0 atom stereocenters. The molecule has 0 unspecified atom stereocenters. The van der Waals surface area contributed by atoms with Crippen LogP contribution in [0.5, 0.6) is 0 Å². The van der Waals surface area contributed by atoms with E-state index in [0.717, 1.165) is 40.4 Å². The van der Waals surface area contributed by atoms with Gasteiger partial charge in [0.1, 0.15) is 5.82 Å². The summed E-state index contributed by atoms with van der Waals surface area (Å²) in [7, 11) is 0. The maximum Gasteiger partial charge on any atom is 0.165 e. The van der Waals surface area contributed by atoms with Crippen molar-refractivity contribution >= 4 is 28.8 Å². The van der Waals surface area contributed by atoms with Gasteiger partial charge in [-0.2, -0.15) is 9.61 Å². The second kappa shape index (κ2) is 8.03. The predicted molar refractivity (Wildman–Crippen MR) is 117 cm³/mol. The molecule has 0 saturated heterocycles. The van der Waals surface area contributed by atoms with Crippen LogP contribution in [0, 0.1) is 6.92 Å². The minimum Gasteiger partial charge on any atom is -0.340 e. The lowest BCUT2D eigenvalue weighted by Crippen LogP contribution is -2.02. The van der Waals surface area contributed by atoms with E-state index in [1.54, 1.807) is 0 Å². The second-order valence-corrected chi connectivity index (χ2v) is 7.39. The van der Waals surface area contributed by atoms with Crippen LogP contribution >= 0.6 is 11.6 Å². The van der Waals surface area contributed by atoms with Gasteiger partial charge in [-0.3, -0.25) is 0 Å². The zero-order chi connectivity index (χ0) is 19.5. The largest absolute Gasteiger partial charge is 0.340 e. The highest BCUT2D eigenvalue weighted by molar-refractivity contribution is 6.33. The molecule has 142 valence electrons. The van der Waals surface area contributed by atoms with Crippen molar-refractivity contribution < 1.29 is 0 Å². The number of anilines is 2. The highest BCUT2D eigenvalue weighted by atomic mass is 35.5. The highest BCUT2D eigenvalue weighted by Gasteiger charge is 2.14. The topological polar surface area (TPSA) is 42.2 Å². The average Bonchev–Trinajstić information content (AvgIpc) is 3.11. The number of aromatic nitrogens is 3. The Balaban J connectivity index is 1.69. The van der Waals surface area contributed by atoms with Crippen LogP contribution in [-0.2, 0) is 6.42 Å². The standard InChI is InChI=1S/C23H23ClN4/c1-3-4-7-17-10-12-18(13-11-17)27-22-14-16(2)26-23-20(15-25-28(22)23)19-8-5-6-9-21(19)24/h5-6,8-15,27H,3-4,7H2,1-2H3. The number of unbranched alkanes of at least 4 members (excludes halogenated alkanes) is 1. The van der Waals surface area contributed by atoms with Crippen LogP contribution in [0.25, 0.3) is 16.8 Å². The van der Waals surface area contributed by atoms with Crippen LogP contribution in [0.2, 0.25) is 5.02 Å². The third-order valence-corrected chi connectivity index (χ3v) is 5.14. The Bertz CT molecular complexity index is 1100. The van der Waals surface area contributed by atoms with Crippen molar-refractivity contribution in [1.29, 1.82) is 0 Å². The third-order valence-electron chi connectivity index (χ3n) is 4.81. The van der Waals surface area contributed by atoms with Gasteiger partial charge in [0.2, 0.25) is 0 Å². The van der Waals surface area contributed by atoms with E-state index in [9.17, 15) is 0 Å². The van der Waals surface area contributed by atoms with Crippen molar-refractivity contribution in [2.45, 2.75) is 33.1 Å². The third kappa shape index (κ3) is 3.73. The van der Waals surface area contributed by atoms with Crippen LogP contribution in [0.4, 0.5) is 11.5 Å². The van der Waals surface area contributed by atoms with Crippen LogP contribution < -0.4 is 5.32 Å². The number of hydrogen-bond donors (Lipinski definition) is 1. The Hall–Kier alpha value is -2.85. The predicted octanol–water partition coefficient (Wildman–Crippen LogP) is 6.44. The Labute approximate surface area is 170 Å². The van der Waals surface area contributed by atoms with Gasteiger partial charge in [-0.25, -0.2) is 4.98 Å². The molecule has 0 aliphatic heterocycles. The van der Waals surface area contributed by atoms with E-state index in [0.29, 0.717) is 5.02 Å². The number of benzene rings is 2. The summed E-state index contributed by atoms with van der Waals surface area (Å²) in [5.74, 6) is 0.877. The fraction of sp³-hybridized carbons (Fsp3) is 0.217. The zero-order valence-corrected chi connectivity index (χ0v) is 16.9. The monoisotopic (exact) mass is 390 g/mol. The molecule has 2 heterocycles. The summed E-state index contributed by atoms with van der Waals surface area (Å²) in [6, 6.07) is 18.4. The van der Waals surface area contributed by atoms with Gasteiger partial charge in [-0.1, -0.05) is 55.3 Å². The molecule has 0 bridgehead atoms. The number of halogens is 1. The van der Waals surface area contributed by atoms with Gasteiger partial charge >= 0.3 is 0 Å². The summed E-state index contributed by atoms with van der Waals surface area (Å²) < 4.78 is 1.83. The number of nitrogens with zero attached hydrogens (tertiary/aromatic N) is 3. The Kier molecular flexibility index (Phi) is 5.31. The molecule has 4 nitrogen and oxygen atoms in total. The van der Waals surface area contributed by atoms with Crippen LogP contribution in [0.3, 0.4) is 0 Å². The van der Waals surface area contributed by atoms with E-state index in [1.165, 1.54) is 18.4 Å². The van der Waals surface area contributed by atoms with Crippen molar-refractivity contribution in [2.75, 3.05) is 5.32 Å². The molecule has 5 heteroatoms. The molecule has 2 aromatic heterocycles. The Morgan fingerprint density at radius 2 is 1.82 bits per heavy atom. The molecule has 4 rings (SSSR count). The minimum atomic E-state index is 0.692. The maximum atomic E-state index is 6.40. The van der Waals surface area contributed by atoms with E-state index < -0.39 is 0 Å². The SMILES string of the molecule is CCCCc1ccc(Nc2cc(C)nc3c(-c4ccccc4Cl)cnn23)cc1. The fourth-order valence-corrected chi connectivity index (χ4v) is 3.56. The molecule has 0 radical (unpaired) electrons. The zero-order valence-electron chi connectivity index (χ0n) is 16.1. The first kappa shape index (κ1) is 18.5. The lowest BCUT2D eigenvalue weighted by atomic mass is 10.1. The summed E-state index contributed by atoms with van der Waals surface area (Å²) in [5, 5.41) is 8.73. The molecule has 0 saturated carbocycles. The van der Waals surface area contributed by atoms with Gasteiger partial charge in [0, 0.05) is 33.6 Å². The van der Waals surface area contributed by atoms with Crippen molar-refractivity contribution in [3.05, 3.63) is 77.1 Å². The van der Waals surface area contributed by atoms with E-state index in [2.05, 4.69) is 41.6 Å². The molecule has 0 aliphatic rings. The summed E-state index contributed by atoms with van der Waals surface area (Å²) in [5.41, 5.74) is 5.96. The van der Waals surface area contributed by atoms with E-state index in [4.69, 9.17) is 16.6 Å². The average molecular weight is 391 g/mol. The van der Waals surface area contributed by atoms with E-state index >= 15 is 0 Å². The molecular formula is C23H23ClN4. The lowest BCUT2D eigenvalue weighted by Gasteiger charge is -2.11. The van der Waals surface area contributed by atoms with Gasteiger partial charge in [0.25, 0.3) is 0 Å². The van der Waals surface area contributed by atoms with Crippen molar-refractivity contribution in [3.63, 3.8) is 0 Å². The molecule has 2 aromatic carbocycles. The molecule has 0 aliphatic carbocycles. The smallest absolute Gasteiger partial charge is 0.165 e. The van der Waals surface area contributed by atoms with E-state index in [-0.39, 0.29) is 0 Å². The van der Waals surface area contributed by atoms with Gasteiger partial charge in [-0.15, -0.1) is 0 Å². The second-order valence-electron chi connectivity index (χ2n) is 6.98. The van der Waals surface area contributed by atoms with Crippen molar-refractivity contribution in [1.82, 2.24) is 14.6 Å². The summed E-state index contributed by atoms with van der Waals surface area (Å²) >= 11 is 6.40. The first-order valence-corrected chi connectivity index (χ1v) is 9.99. The summed E-state index contributed by atoms with van der Waals surface area (Å²) in [6.45, 7) is 4.20. The fourth-order valence-electron chi connectivity index (χ4n) is 3.33. The van der Waals surface area contributed by atoms with Gasteiger partial charge in [-0.05, 0) is 43.5 Å². The lowest BCUT2D eigenvalue weighted by molar-refractivity contribution is 0.795. The quantitative estimate of drug-likeness (QED) is 0.411. The van der Waals surface area contributed by atoms with E-state index in [1.807, 2.05) is 48.0 Å². The normalized spacial score (nSPS) is 11.1. The van der Waals surface area contributed by atoms with Crippen molar-refractivity contribution in [3.8, 4) is 11.1 Å². The maximum absolute atomic E-state index is 6.40. The van der Waals surface area contributed by atoms with Gasteiger partial charge in [0.05, 0.1) is 6.20 Å². The molecule has 1 N–H and O–H groups in total. The van der Waals surface area contributed by atoms with Crippen LogP contribution in [-0.4, -0.2) is 14.6 Å². The summed E-state index contributed by atoms with van der Waals surface area (Å²) in [4.78, 5) is 4.71.